The van der Waals surface area contributed by atoms with Gasteiger partial charge in [0, 0.05) is 47.5 Å². The molecule has 0 aliphatic heterocycles. The van der Waals surface area contributed by atoms with E-state index in [2.05, 4.69) is 0 Å². The third-order valence-electron chi connectivity index (χ3n) is 5.78. The molecule has 11 nitrogen and oxygen atoms in total. The number of hydrogen-bond acceptors (Lipinski definition) is 8. The predicted octanol–water partition coefficient (Wildman–Crippen LogP) is 7.76. The fourth-order valence-electron chi connectivity index (χ4n) is 3.65. The maximum atomic E-state index is 13.1. The molecular formula is C28H20F3N3O8. The fraction of sp³-hybridized carbons (Fsp3) is 0.107. The monoisotopic (exact) mass is 583 g/mol. The first-order chi connectivity index (χ1) is 19.7. The first-order valence-corrected chi connectivity index (χ1v) is 11.8. The van der Waals surface area contributed by atoms with E-state index in [-0.39, 0.29) is 28.3 Å². The summed E-state index contributed by atoms with van der Waals surface area (Å²) in [4.78, 5) is 41.8. The fourth-order valence-corrected chi connectivity index (χ4v) is 3.65. The van der Waals surface area contributed by atoms with Crippen LogP contribution in [0.15, 0.2) is 84.9 Å². The van der Waals surface area contributed by atoms with Crippen LogP contribution in [-0.2, 0) is 6.18 Å². The van der Waals surface area contributed by atoms with E-state index >= 15 is 0 Å². The molecule has 0 radical (unpaired) electrons. The summed E-state index contributed by atoms with van der Waals surface area (Å²) in [5, 5.41) is 31.7. The Morgan fingerprint density at radius 3 is 1.45 bits per heavy atom. The van der Waals surface area contributed by atoms with Crippen molar-refractivity contribution in [1.82, 2.24) is 0 Å². The number of hydrogen-bond donors (Lipinski definition) is 0. The molecule has 4 aromatic carbocycles. The summed E-state index contributed by atoms with van der Waals surface area (Å²) in [6.07, 6.45) is -4.75. The Morgan fingerprint density at radius 2 is 1.07 bits per heavy atom. The molecule has 0 saturated carbocycles. The number of nitro groups is 3. The van der Waals surface area contributed by atoms with Gasteiger partial charge in [-0.1, -0.05) is 18.2 Å². The summed E-state index contributed by atoms with van der Waals surface area (Å²) in [6, 6.07) is 17.9. The second kappa shape index (κ2) is 12.7. The molecular weight excluding hydrogens is 563 g/mol. The number of ketones is 1. The molecule has 0 aliphatic carbocycles. The number of aryl methyl sites for hydroxylation is 2. The van der Waals surface area contributed by atoms with Crippen molar-refractivity contribution < 1.29 is 37.5 Å². The zero-order chi connectivity index (χ0) is 31.2. The zero-order valence-electron chi connectivity index (χ0n) is 21.8. The van der Waals surface area contributed by atoms with Gasteiger partial charge in [0.1, 0.15) is 17.1 Å². The normalized spacial score (nSPS) is 10.7. The van der Waals surface area contributed by atoms with E-state index in [1.807, 2.05) is 0 Å². The molecule has 42 heavy (non-hydrogen) atoms. The van der Waals surface area contributed by atoms with Crippen molar-refractivity contribution in [3.05, 3.63) is 143 Å². The summed E-state index contributed by atoms with van der Waals surface area (Å²) in [5.41, 5.74) is -0.118. The van der Waals surface area contributed by atoms with Crippen LogP contribution in [0.3, 0.4) is 0 Å². The summed E-state index contributed by atoms with van der Waals surface area (Å²) < 4.78 is 44.7. The molecule has 14 heteroatoms. The first kappa shape index (κ1) is 30.9. The first-order valence-electron chi connectivity index (χ1n) is 11.8. The van der Waals surface area contributed by atoms with Gasteiger partial charge in [0.25, 0.3) is 17.1 Å². The van der Waals surface area contributed by atoms with E-state index in [0.29, 0.717) is 22.9 Å². The van der Waals surface area contributed by atoms with Crippen LogP contribution in [0.2, 0.25) is 0 Å². The number of halogens is 3. The van der Waals surface area contributed by atoms with Gasteiger partial charge in [0.2, 0.25) is 0 Å². The summed E-state index contributed by atoms with van der Waals surface area (Å²) >= 11 is 0. The second-order valence-corrected chi connectivity index (χ2v) is 8.70. The number of para-hydroxylation sites is 1. The molecule has 0 N–H and O–H groups in total. The SMILES string of the molecule is Cc1cccc(C)c1Oc1ccc([N+](=O)[O-])cc1C(F)(F)F.O=C(c1ccc([N+](=O)[O-])cc1)c1ccc([N+](=O)[O-])cc1. The van der Waals surface area contributed by atoms with Crippen molar-refractivity contribution in [2.24, 2.45) is 0 Å². The number of carbonyl (C=O) groups excluding carboxylic acids is 1. The highest BCUT2D eigenvalue weighted by atomic mass is 19.4. The van der Waals surface area contributed by atoms with E-state index in [0.717, 1.165) is 12.1 Å². The molecule has 216 valence electrons. The largest absolute Gasteiger partial charge is 0.456 e. The topological polar surface area (TPSA) is 156 Å². The van der Waals surface area contributed by atoms with Gasteiger partial charge in [-0.25, -0.2) is 0 Å². The van der Waals surface area contributed by atoms with Crippen LogP contribution in [0.1, 0.15) is 32.6 Å². The lowest BCUT2D eigenvalue weighted by atomic mass is 10.0. The highest BCUT2D eigenvalue weighted by Gasteiger charge is 2.36. The molecule has 0 atom stereocenters. The molecule has 4 aromatic rings. The molecule has 0 heterocycles. The van der Waals surface area contributed by atoms with Crippen LogP contribution in [0.4, 0.5) is 30.2 Å². The van der Waals surface area contributed by atoms with Gasteiger partial charge in [-0.15, -0.1) is 0 Å². The highest BCUT2D eigenvalue weighted by Crippen LogP contribution is 2.41. The Labute approximate surface area is 235 Å². The predicted molar refractivity (Wildman–Crippen MR) is 144 cm³/mol. The van der Waals surface area contributed by atoms with E-state index in [1.165, 1.54) is 48.5 Å². The minimum absolute atomic E-state index is 0.106. The number of ether oxygens (including phenoxy) is 1. The molecule has 0 amide bonds. The lowest BCUT2D eigenvalue weighted by molar-refractivity contribution is -0.385. The maximum absolute atomic E-state index is 13.1. The Morgan fingerprint density at radius 1 is 0.667 bits per heavy atom. The van der Waals surface area contributed by atoms with Crippen LogP contribution < -0.4 is 4.74 Å². The molecule has 0 bridgehead atoms. The molecule has 0 aromatic heterocycles. The van der Waals surface area contributed by atoms with Crippen LogP contribution in [0.25, 0.3) is 0 Å². The van der Waals surface area contributed by atoms with Crippen LogP contribution in [0.5, 0.6) is 11.5 Å². The maximum Gasteiger partial charge on any atom is 0.420 e. The van der Waals surface area contributed by atoms with Gasteiger partial charge in [-0.05, 0) is 55.3 Å². The van der Waals surface area contributed by atoms with Gasteiger partial charge in [-0.3, -0.25) is 35.1 Å². The summed E-state index contributed by atoms with van der Waals surface area (Å²) in [5.74, 6) is -0.507. The number of carbonyl (C=O) groups is 1. The summed E-state index contributed by atoms with van der Waals surface area (Å²) in [6.45, 7) is 3.42. The minimum Gasteiger partial charge on any atom is -0.456 e. The Kier molecular flexibility index (Phi) is 9.32. The lowest BCUT2D eigenvalue weighted by Gasteiger charge is -2.16. The van der Waals surface area contributed by atoms with Gasteiger partial charge in [-0.2, -0.15) is 13.2 Å². The lowest BCUT2D eigenvalue weighted by Crippen LogP contribution is -2.08. The van der Waals surface area contributed by atoms with Crippen molar-refractivity contribution in [3.8, 4) is 11.5 Å². The summed E-state index contributed by atoms with van der Waals surface area (Å²) in [7, 11) is 0. The molecule has 0 spiro atoms. The molecule has 0 aliphatic rings. The third-order valence-corrected chi connectivity index (χ3v) is 5.78. The number of nitro benzene ring substituents is 3. The smallest absolute Gasteiger partial charge is 0.420 e. The van der Waals surface area contributed by atoms with Crippen LogP contribution in [-0.4, -0.2) is 20.6 Å². The van der Waals surface area contributed by atoms with Crippen LogP contribution >= 0.6 is 0 Å². The second-order valence-electron chi connectivity index (χ2n) is 8.70. The average molecular weight is 583 g/mol. The number of nitrogens with zero attached hydrogens (tertiary/aromatic N) is 3. The van der Waals surface area contributed by atoms with Crippen molar-refractivity contribution >= 4 is 22.8 Å². The van der Waals surface area contributed by atoms with E-state index in [1.54, 1.807) is 32.0 Å². The van der Waals surface area contributed by atoms with Crippen molar-refractivity contribution in [3.63, 3.8) is 0 Å². The Hall–Kier alpha value is -5.66. The number of rotatable bonds is 7. The van der Waals surface area contributed by atoms with Gasteiger partial charge in [0.05, 0.1) is 14.8 Å². The minimum atomic E-state index is -4.75. The average Bonchev–Trinajstić information content (AvgIpc) is 2.94. The number of non-ortho nitro benzene ring substituents is 3. The number of benzene rings is 4. The van der Waals surface area contributed by atoms with Gasteiger partial charge >= 0.3 is 6.18 Å². The molecule has 0 saturated heterocycles. The van der Waals surface area contributed by atoms with E-state index in [4.69, 9.17) is 4.74 Å². The molecule has 4 rings (SSSR count). The van der Waals surface area contributed by atoms with Crippen molar-refractivity contribution in [2.75, 3.05) is 0 Å². The third kappa shape index (κ3) is 7.50. The molecule has 0 fully saturated rings. The van der Waals surface area contributed by atoms with Crippen molar-refractivity contribution in [2.45, 2.75) is 20.0 Å². The van der Waals surface area contributed by atoms with Gasteiger partial charge in [0.15, 0.2) is 5.78 Å². The van der Waals surface area contributed by atoms with E-state index < -0.39 is 37.9 Å². The Balaban J connectivity index is 0.000000231. The van der Waals surface area contributed by atoms with Crippen LogP contribution in [0, 0.1) is 44.2 Å². The van der Waals surface area contributed by atoms with Gasteiger partial charge < -0.3 is 4.74 Å². The Bertz CT molecular complexity index is 1580. The molecule has 0 unspecified atom stereocenters. The standard InChI is InChI=1S/C15H12F3NO3.C13H8N2O5/c1-9-4-3-5-10(2)14(9)22-13-7-6-11(19(20)21)8-12(13)15(16,17)18;16-13(9-1-5-11(6-2-9)14(17)18)10-3-7-12(8-4-10)15(19)20/h3-8H,1-2H3;1-8H. The van der Waals surface area contributed by atoms with Crippen molar-refractivity contribution in [1.29, 1.82) is 0 Å². The van der Waals surface area contributed by atoms with E-state index in [9.17, 15) is 48.3 Å². The quantitative estimate of drug-likeness (QED) is 0.121. The highest BCUT2D eigenvalue weighted by molar-refractivity contribution is 6.09. The number of alkyl halides is 3. The zero-order valence-corrected chi connectivity index (χ0v) is 21.8.